The smallest absolute Gasteiger partial charge is 0.308 e. The summed E-state index contributed by atoms with van der Waals surface area (Å²) in [6, 6.07) is 0. The van der Waals surface area contributed by atoms with Gasteiger partial charge in [-0.2, -0.15) is 0 Å². The molecule has 0 aromatic rings. The number of nitrogens with zero attached hydrogens (tertiary/aromatic N) is 1. The molecule has 1 unspecified atom stereocenters. The minimum Gasteiger partial charge on any atom is -0.469 e. The van der Waals surface area contributed by atoms with E-state index in [9.17, 15) is 4.79 Å². The van der Waals surface area contributed by atoms with Crippen molar-refractivity contribution in [2.45, 2.75) is 19.4 Å². The number of carbonyl (C=O) groups excluding carboxylic acids is 1. The molecule has 1 atom stereocenters. The highest BCUT2D eigenvalue weighted by atomic mass is 16.5. The van der Waals surface area contributed by atoms with Crippen LogP contribution >= 0.6 is 0 Å². The average molecular weight is 211 g/mol. The number of esters is 1. The van der Waals surface area contributed by atoms with Crippen LogP contribution in [0.4, 0.5) is 0 Å². The van der Waals surface area contributed by atoms with Crippen molar-refractivity contribution in [3.8, 4) is 11.8 Å². The summed E-state index contributed by atoms with van der Waals surface area (Å²) >= 11 is 0. The number of hydrogen-bond donors (Lipinski definition) is 0. The normalized spacial score (nSPS) is 21.6. The van der Waals surface area contributed by atoms with E-state index < -0.39 is 0 Å². The van der Waals surface area contributed by atoms with Gasteiger partial charge in [-0.1, -0.05) is 5.92 Å². The van der Waals surface area contributed by atoms with Crippen LogP contribution < -0.4 is 0 Å². The molecule has 0 saturated carbocycles. The fourth-order valence-electron chi connectivity index (χ4n) is 1.51. The third-order valence-electron chi connectivity index (χ3n) is 2.32. The van der Waals surface area contributed by atoms with Crippen molar-refractivity contribution in [3.63, 3.8) is 0 Å². The summed E-state index contributed by atoms with van der Waals surface area (Å²) in [5.41, 5.74) is 0. The van der Waals surface area contributed by atoms with E-state index in [0.717, 1.165) is 19.6 Å². The molecule has 0 amide bonds. The topological polar surface area (TPSA) is 38.8 Å². The molecule has 1 fully saturated rings. The van der Waals surface area contributed by atoms with Crippen LogP contribution in [0.2, 0.25) is 0 Å². The van der Waals surface area contributed by atoms with Gasteiger partial charge in [0.2, 0.25) is 0 Å². The molecule has 84 valence electrons. The van der Waals surface area contributed by atoms with Gasteiger partial charge in [-0.05, 0) is 6.92 Å². The Hall–Kier alpha value is -1.05. The standard InChI is InChI=1S/C11H17NO3/c1-3-4-5-12-6-7-15-10(9-12)8-11(13)14-2/h10H,5-9H2,1-2H3. The van der Waals surface area contributed by atoms with Crippen molar-refractivity contribution in [1.29, 1.82) is 0 Å². The van der Waals surface area contributed by atoms with Crippen LogP contribution in [0.25, 0.3) is 0 Å². The number of ether oxygens (including phenoxy) is 2. The van der Waals surface area contributed by atoms with Gasteiger partial charge in [-0.25, -0.2) is 0 Å². The van der Waals surface area contributed by atoms with E-state index in [0.29, 0.717) is 13.0 Å². The largest absolute Gasteiger partial charge is 0.469 e. The third kappa shape index (κ3) is 4.32. The van der Waals surface area contributed by atoms with E-state index in [1.807, 2.05) is 6.92 Å². The Morgan fingerprint density at radius 2 is 2.47 bits per heavy atom. The molecule has 0 aromatic heterocycles. The van der Waals surface area contributed by atoms with Gasteiger partial charge in [0.1, 0.15) is 0 Å². The molecule has 4 nitrogen and oxygen atoms in total. The summed E-state index contributed by atoms with van der Waals surface area (Å²) in [5.74, 6) is 5.65. The third-order valence-corrected chi connectivity index (χ3v) is 2.32. The van der Waals surface area contributed by atoms with Crippen LogP contribution in [0, 0.1) is 11.8 Å². The van der Waals surface area contributed by atoms with Gasteiger partial charge in [0.25, 0.3) is 0 Å². The molecule has 0 N–H and O–H groups in total. The molecular weight excluding hydrogens is 194 g/mol. The number of methoxy groups -OCH3 is 1. The summed E-state index contributed by atoms with van der Waals surface area (Å²) in [6.45, 7) is 4.87. The second kappa shape index (κ2) is 6.44. The first-order chi connectivity index (χ1) is 7.26. The van der Waals surface area contributed by atoms with Crippen LogP contribution in [0.1, 0.15) is 13.3 Å². The predicted octanol–water partition coefficient (Wildman–Crippen LogP) is 0.274. The first-order valence-corrected chi connectivity index (χ1v) is 5.06. The zero-order chi connectivity index (χ0) is 11.1. The molecule has 15 heavy (non-hydrogen) atoms. The average Bonchev–Trinajstić information content (AvgIpc) is 2.26. The zero-order valence-electron chi connectivity index (χ0n) is 9.28. The van der Waals surface area contributed by atoms with E-state index in [2.05, 4.69) is 21.5 Å². The Labute approximate surface area is 90.5 Å². The fourth-order valence-corrected chi connectivity index (χ4v) is 1.51. The Morgan fingerprint density at radius 1 is 1.67 bits per heavy atom. The van der Waals surface area contributed by atoms with Gasteiger partial charge < -0.3 is 9.47 Å². The number of morpholine rings is 1. The fraction of sp³-hybridized carbons (Fsp3) is 0.727. The maximum atomic E-state index is 11.1. The van der Waals surface area contributed by atoms with Crippen molar-refractivity contribution in [2.24, 2.45) is 0 Å². The molecule has 0 aliphatic carbocycles. The Bertz CT molecular complexity index is 267. The van der Waals surface area contributed by atoms with Crippen LogP contribution in [0.15, 0.2) is 0 Å². The van der Waals surface area contributed by atoms with E-state index in [-0.39, 0.29) is 12.1 Å². The summed E-state index contributed by atoms with van der Waals surface area (Å²) in [5, 5.41) is 0. The summed E-state index contributed by atoms with van der Waals surface area (Å²) in [6.07, 6.45) is 0.275. The minimum atomic E-state index is -0.219. The van der Waals surface area contributed by atoms with E-state index in [4.69, 9.17) is 4.74 Å². The quantitative estimate of drug-likeness (QED) is 0.496. The molecule has 0 bridgehead atoms. The zero-order valence-corrected chi connectivity index (χ0v) is 9.28. The van der Waals surface area contributed by atoms with Crippen molar-refractivity contribution < 1.29 is 14.3 Å². The second-order valence-corrected chi connectivity index (χ2v) is 3.43. The van der Waals surface area contributed by atoms with Gasteiger partial charge in [-0.3, -0.25) is 9.69 Å². The Kier molecular flexibility index (Phi) is 5.16. The van der Waals surface area contributed by atoms with Crippen LogP contribution in [0.5, 0.6) is 0 Å². The first kappa shape index (κ1) is 12.0. The highest BCUT2D eigenvalue weighted by Gasteiger charge is 2.22. The summed E-state index contributed by atoms with van der Waals surface area (Å²) in [7, 11) is 1.39. The van der Waals surface area contributed by atoms with Crippen molar-refractivity contribution in [1.82, 2.24) is 4.90 Å². The van der Waals surface area contributed by atoms with Gasteiger partial charge in [0, 0.05) is 13.1 Å². The molecule has 4 heteroatoms. The summed E-state index contributed by atoms with van der Waals surface area (Å²) < 4.78 is 10.1. The molecule has 1 saturated heterocycles. The minimum absolute atomic E-state index is 0.0511. The van der Waals surface area contributed by atoms with E-state index >= 15 is 0 Å². The Balaban J connectivity index is 2.33. The van der Waals surface area contributed by atoms with Crippen LogP contribution in [-0.4, -0.2) is 50.3 Å². The Morgan fingerprint density at radius 3 is 3.13 bits per heavy atom. The maximum Gasteiger partial charge on any atom is 0.308 e. The number of hydrogen-bond acceptors (Lipinski definition) is 4. The number of rotatable bonds is 3. The van der Waals surface area contributed by atoms with E-state index in [1.165, 1.54) is 7.11 Å². The molecule has 0 aromatic carbocycles. The lowest BCUT2D eigenvalue weighted by atomic mass is 10.2. The van der Waals surface area contributed by atoms with Gasteiger partial charge >= 0.3 is 5.97 Å². The second-order valence-electron chi connectivity index (χ2n) is 3.43. The van der Waals surface area contributed by atoms with Gasteiger partial charge in [-0.15, -0.1) is 5.92 Å². The molecule has 1 heterocycles. The van der Waals surface area contributed by atoms with Gasteiger partial charge in [0.15, 0.2) is 0 Å². The lowest BCUT2D eigenvalue weighted by Crippen LogP contribution is -2.43. The van der Waals surface area contributed by atoms with Crippen LogP contribution in [-0.2, 0) is 14.3 Å². The van der Waals surface area contributed by atoms with Crippen molar-refractivity contribution in [2.75, 3.05) is 33.4 Å². The van der Waals surface area contributed by atoms with Gasteiger partial charge in [0.05, 0.1) is 32.8 Å². The molecule has 0 spiro atoms. The highest BCUT2D eigenvalue weighted by Crippen LogP contribution is 2.08. The monoisotopic (exact) mass is 211 g/mol. The molecule has 1 rings (SSSR count). The lowest BCUT2D eigenvalue weighted by Gasteiger charge is -2.30. The number of carbonyl (C=O) groups is 1. The predicted molar refractivity (Wildman–Crippen MR) is 56.3 cm³/mol. The molecule has 1 aliphatic heterocycles. The van der Waals surface area contributed by atoms with Crippen molar-refractivity contribution >= 4 is 5.97 Å². The maximum absolute atomic E-state index is 11.1. The van der Waals surface area contributed by atoms with Crippen LogP contribution in [0.3, 0.4) is 0 Å². The van der Waals surface area contributed by atoms with E-state index in [1.54, 1.807) is 0 Å². The SMILES string of the molecule is CC#CCN1CCOC(CC(=O)OC)C1. The molecule has 0 radical (unpaired) electrons. The lowest BCUT2D eigenvalue weighted by molar-refractivity contribution is -0.145. The molecule has 1 aliphatic rings. The van der Waals surface area contributed by atoms with Crippen molar-refractivity contribution in [3.05, 3.63) is 0 Å². The first-order valence-electron chi connectivity index (χ1n) is 5.06. The molecular formula is C11H17NO3. The summed E-state index contributed by atoms with van der Waals surface area (Å²) in [4.78, 5) is 13.2. The highest BCUT2D eigenvalue weighted by molar-refractivity contribution is 5.69.